The van der Waals surface area contributed by atoms with Crippen LogP contribution in [0.4, 0.5) is 10.1 Å². The molecule has 0 fully saturated rings. The first-order valence-corrected chi connectivity index (χ1v) is 6.90. The number of nitrogens with one attached hydrogen (secondary N) is 2. The standard InChI is InChI=1S/C10H9FN4O2S2/c11-9-2-1-7(3-8(9)10(12)18)19(16,17)15-6-4-13-14-5-6/h1-5,15H,(H2,12,18)(H,13,14). The van der Waals surface area contributed by atoms with Crippen LogP contribution in [0.2, 0.25) is 0 Å². The van der Waals surface area contributed by atoms with E-state index in [1.807, 2.05) is 0 Å². The fourth-order valence-corrected chi connectivity index (χ4v) is 2.60. The molecule has 19 heavy (non-hydrogen) atoms. The zero-order valence-corrected chi connectivity index (χ0v) is 11.1. The van der Waals surface area contributed by atoms with Crippen LogP contribution in [0.15, 0.2) is 35.5 Å². The van der Waals surface area contributed by atoms with Crippen LogP contribution in [-0.2, 0) is 10.0 Å². The third-order valence-electron chi connectivity index (χ3n) is 2.26. The number of hydrogen-bond donors (Lipinski definition) is 3. The van der Waals surface area contributed by atoms with Gasteiger partial charge in [-0.2, -0.15) is 5.10 Å². The second-order valence-corrected chi connectivity index (χ2v) is 5.72. The molecule has 0 spiro atoms. The second kappa shape index (κ2) is 4.94. The molecular weight excluding hydrogens is 291 g/mol. The van der Waals surface area contributed by atoms with Gasteiger partial charge in [0, 0.05) is 11.8 Å². The maximum Gasteiger partial charge on any atom is 0.262 e. The van der Waals surface area contributed by atoms with Gasteiger partial charge in [-0.1, -0.05) is 12.2 Å². The molecule has 0 bridgehead atoms. The van der Waals surface area contributed by atoms with Gasteiger partial charge in [-0.3, -0.25) is 9.82 Å². The highest BCUT2D eigenvalue weighted by Crippen LogP contribution is 2.18. The normalized spacial score (nSPS) is 11.2. The highest BCUT2D eigenvalue weighted by atomic mass is 32.2. The van der Waals surface area contributed by atoms with Gasteiger partial charge in [0.2, 0.25) is 0 Å². The van der Waals surface area contributed by atoms with Crippen LogP contribution < -0.4 is 10.5 Å². The van der Waals surface area contributed by atoms with E-state index in [0.717, 1.165) is 18.2 Å². The number of H-pyrrole nitrogens is 1. The van der Waals surface area contributed by atoms with E-state index in [9.17, 15) is 12.8 Å². The number of sulfonamides is 1. The zero-order valence-electron chi connectivity index (χ0n) is 9.42. The lowest BCUT2D eigenvalue weighted by atomic mass is 10.2. The highest BCUT2D eigenvalue weighted by Gasteiger charge is 2.17. The number of benzene rings is 1. The predicted octanol–water partition coefficient (Wildman–Crippen LogP) is 0.984. The quantitative estimate of drug-likeness (QED) is 0.731. The molecule has 4 N–H and O–H groups in total. The van der Waals surface area contributed by atoms with E-state index in [4.69, 9.17) is 5.73 Å². The average molecular weight is 300 g/mol. The summed E-state index contributed by atoms with van der Waals surface area (Å²) in [5.74, 6) is -0.672. The average Bonchev–Trinajstić information content (AvgIpc) is 2.80. The first-order valence-electron chi connectivity index (χ1n) is 5.01. The second-order valence-electron chi connectivity index (χ2n) is 3.60. The SMILES string of the molecule is NC(=S)c1cc(S(=O)(=O)Nc2cn[nH]c2)ccc1F. The number of hydrogen-bond acceptors (Lipinski definition) is 4. The minimum atomic E-state index is -3.85. The summed E-state index contributed by atoms with van der Waals surface area (Å²) in [6.07, 6.45) is 2.67. The third kappa shape index (κ3) is 2.88. The van der Waals surface area contributed by atoms with Gasteiger partial charge in [-0.15, -0.1) is 0 Å². The minimum Gasteiger partial charge on any atom is -0.389 e. The van der Waals surface area contributed by atoms with Crippen molar-refractivity contribution in [2.45, 2.75) is 4.90 Å². The molecule has 0 radical (unpaired) electrons. The van der Waals surface area contributed by atoms with E-state index in [1.165, 1.54) is 12.4 Å². The van der Waals surface area contributed by atoms with Crippen molar-refractivity contribution in [3.63, 3.8) is 0 Å². The molecule has 2 rings (SSSR count). The Bertz CT molecular complexity index is 713. The van der Waals surface area contributed by atoms with Crippen molar-refractivity contribution in [3.05, 3.63) is 42.0 Å². The lowest BCUT2D eigenvalue weighted by molar-refractivity contribution is 0.599. The number of halogens is 1. The monoisotopic (exact) mass is 300 g/mol. The minimum absolute atomic E-state index is 0.120. The highest BCUT2D eigenvalue weighted by molar-refractivity contribution is 7.92. The Morgan fingerprint density at radius 2 is 2.21 bits per heavy atom. The van der Waals surface area contributed by atoms with Gasteiger partial charge in [0.25, 0.3) is 10.0 Å². The van der Waals surface area contributed by atoms with E-state index in [2.05, 4.69) is 27.1 Å². The van der Waals surface area contributed by atoms with Crippen LogP contribution in [0.5, 0.6) is 0 Å². The van der Waals surface area contributed by atoms with Gasteiger partial charge in [-0.25, -0.2) is 12.8 Å². The summed E-state index contributed by atoms with van der Waals surface area (Å²) in [7, 11) is -3.85. The molecule has 0 saturated carbocycles. The number of aromatic nitrogens is 2. The molecule has 2 aromatic rings. The topological polar surface area (TPSA) is 101 Å². The van der Waals surface area contributed by atoms with Crippen LogP contribution in [-0.4, -0.2) is 23.6 Å². The van der Waals surface area contributed by atoms with Gasteiger partial charge in [0.1, 0.15) is 10.8 Å². The van der Waals surface area contributed by atoms with Crippen LogP contribution in [0.25, 0.3) is 0 Å². The largest absolute Gasteiger partial charge is 0.389 e. The van der Waals surface area contributed by atoms with E-state index in [-0.39, 0.29) is 21.1 Å². The van der Waals surface area contributed by atoms with Crippen molar-refractivity contribution in [2.75, 3.05) is 4.72 Å². The number of anilines is 1. The van der Waals surface area contributed by atoms with Crippen LogP contribution in [0.1, 0.15) is 5.56 Å². The van der Waals surface area contributed by atoms with Crippen molar-refractivity contribution in [3.8, 4) is 0 Å². The number of rotatable bonds is 4. The number of nitrogens with zero attached hydrogens (tertiary/aromatic N) is 1. The van der Waals surface area contributed by atoms with Crippen LogP contribution in [0, 0.1) is 5.82 Å². The summed E-state index contributed by atoms with van der Waals surface area (Å²) in [6, 6.07) is 3.21. The zero-order chi connectivity index (χ0) is 14.0. The Balaban J connectivity index is 2.41. The first-order chi connectivity index (χ1) is 8.90. The van der Waals surface area contributed by atoms with E-state index in [1.54, 1.807) is 0 Å². The van der Waals surface area contributed by atoms with Crippen molar-refractivity contribution < 1.29 is 12.8 Å². The smallest absolute Gasteiger partial charge is 0.262 e. The van der Waals surface area contributed by atoms with E-state index in [0.29, 0.717) is 0 Å². The molecule has 0 aliphatic heterocycles. The fourth-order valence-electron chi connectivity index (χ4n) is 1.38. The lowest BCUT2D eigenvalue weighted by Crippen LogP contribution is -2.16. The molecule has 0 unspecified atom stereocenters. The fraction of sp³-hybridized carbons (Fsp3) is 0. The molecule has 100 valence electrons. The third-order valence-corrected chi connectivity index (χ3v) is 3.86. The molecule has 1 aromatic heterocycles. The van der Waals surface area contributed by atoms with Crippen molar-refractivity contribution in [2.24, 2.45) is 5.73 Å². The molecule has 0 aliphatic carbocycles. The van der Waals surface area contributed by atoms with Gasteiger partial charge in [0.15, 0.2) is 0 Å². The van der Waals surface area contributed by atoms with Crippen molar-refractivity contribution in [1.82, 2.24) is 10.2 Å². The van der Waals surface area contributed by atoms with Gasteiger partial charge >= 0.3 is 0 Å². The maximum atomic E-state index is 13.4. The molecule has 0 saturated heterocycles. The maximum absolute atomic E-state index is 13.4. The predicted molar refractivity (Wildman–Crippen MR) is 71.7 cm³/mol. The Kier molecular flexibility index (Phi) is 3.49. The molecule has 1 heterocycles. The van der Waals surface area contributed by atoms with Crippen molar-refractivity contribution in [1.29, 1.82) is 0 Å². The molecule has 0 atom stereocenters. The Morgan fingerprint density at radius 1 is 1.47 bits per heavy atom. The summed E-state index contributed by atoms with van der Waals surface area (Å²) in [6.45, 7) is 0. The molecule has 9 heteroatoms. The van der Waals surface area contributed by atoms with E-state index >= 15 is 0 Å². The van der Waals surface area contributed by atoms with E-state index < -0.39 is 15.8 Å². The number of thiocarbonyl (C=S) groups is 1. The van der Waals surface area contributed by atoms with Crippen LogP contribution >= 0.6 is 12.2 Å². The Hall–Kier alpha value is -2.00. The molecule has 1 aromatic carbocycles. The summed E-state index contributed by atoms with van der Waals surface area (Å²) < 4.78 is 39.7. The number of nitrogens with two attached hydrogens (primary N) is 1. The molecular formula is C10H9FN4O2S2. The van der Waals surface area contributed by atoms with Gasteiger partial charge < -0.3 is 5.73 Å². The summed E-state index contributed by atoms with van der Waals surface area (Å²) >= 11 is 4.66. The lowest BCUT2D eigenvalue weighted by Gasteiger charge is -2.08. The van der Waals surface area contributed by atoms with Gasteiger partial charge in [0.05, 0.1) is 16.8 Å². The van der Waals surface area contributed by atoms with Crippen molar-refractivity contribution >= 4 is 32.9 Å². The van der Waals surface area contributed by atoms with Crippen LogP contribution in [0.3, 0.4) is 0 Å². The summed E-state index contributed by atoms with van der Waals surface area (Å²) in [5.41, 5.74) is 5.47. The summed E-state index contributed by atoms with van der Waals surface area (Å²) in [5, 5.41) is 6.07. The molecule has 0 aliphatic rings. The first kappa shape index (κ1) is 13.4. The molecule has 0 amide bonds. The van der Waals surface area contributed by atoms with Gasteiger partial charge in [-0.05, 0) is 18.2 Å². The molecule has 6 nitrogen and oxygen atoms in total. The number of aromatic amines is 1. The Morgan fingerprint density at radius 3 is 2.79 bits per heavy atom. The summed E-state index contributed by atoms with van der Waals surface area (Å²) in [4.78, 5) is -0.351. The Labute approximate surface area is 113 Å².